The molecule has 103 heavy (non-hydrogen) atoms. The molecule has 3 aromatic carbocycles. The number of aliphatic hydroxyl groups is 1. The minimum atomic E-state index is -1.92. The van der Waals surface area contributed by atoms with Gasteiger partial charge >= 0.3 is 24.2 Å². The lowest BCUT2D eigenvalue weighted by Gasteiger charge is -2.42. The van der Waals surface area contributed by atoms with Crippen molar-refractivity contribution < 1.29 is 86.2 Å². The molecule has 2 fully saturated rings. The summed E-state index contributed by atoms with van der Waals surface area (Å²) in [5.74, 6) is -4.00. The molecule has 10 atom stereocenters. The number of nitrogens with two attached hydrogens (primary N) is 1. The van der Waals surface area contributed by atoms with Gasteiger partial charge in [-0.2, -0.15) is 0 Å². The van der Waals surface area contributed by atoms with Crippen molar-refractivity contribution in [1.29, 1.82) is 0 Å². The number of primary amides is 1. The maximum absolute atomic E-state index is 14.5. The fourth-order valence-electron chi connectivity index (χ4n) is 12.2. The van der Waals surface area contributed by atoms with Crippen LogP contribution in [0.15, 0.2) is 90.5 Å². The standard InChI is InChI=1S/C72H101ClN12O18/c1-43(2)63(80-60(87)27-31-98-33-34-99-32-29-76-59(86)26-30-85-51(41-82(8)75-7)38-49-18-13-14-20-53(49)85)66(90)79-52(19-16-28-77-68(74)92)65(89)78-50-24-22-47(23-25-50)42-100-70(94)83(9)46(5)67(91)102-58-39-61(88)84(10)54-36-48(37-55(96-11)62(54)73)35-44(3)17-15-21-57(97-12)72(95)40-56(101-69(93)81-72)45(4)64-71(58,6)103-64/h13-15,17-18,20-25,36-38,43,45-46,52,56-58,63-64,75,95H,16,19,26-35,39-42H2,1-12H3,(H,76,86)(H,78,89)(H,79,90)(H,80,87)(H,81,93)(H3,74,77,92)/b21-15+,44-17+/t45-,46+,52+,56+,57-,58+,63+,64+,71+,72+/m1/s1. The lowest BCUT2D eigenvalue weighted by atomic mass is 9.83. The van der Waals surface area contributed by atoms with Crippen LogP contribution < -0.4 is 52.7 Å². The first-order valence-electron chi connectivity index (χ1n) is 34.4. The number of allylic oxidation sites excluding steroid dienone is 3. The molecular formula is C72H101ClN12O18. The van der Waals surface area contributed by atoms with Gasteiger partial charge in [-0.15, -0.1) is 0 Å². The second kappa shape index (κ2) is 38.0. The van der Waals surface area contributed by atoms with Crippen molar-refractivity contribution in [1.82, 2.24) is 46.5 Å². The van der Waals surface area contributed by atoms with E-state index in [1.54, 1.807) is 76.2 Å². The van der Waals surface area contributed by atoms with Gasteiger partial charge in [0.15, 0.2) is 5.72 Å². The van der Waals surface area contributed by atoms with Crippen molar-refractivity contribution in [2.45, 2.75) is 160 Å². The first-order chi connectivity index (χ1) is 49.0. The molecule has 7 rings (SSSR count). The van der Waals surface area contributed by atoms with Crippen molar-refractivity contribution in [3.05, 3.63) is 112 Å². The third-order valence-corrected chi connectivity index (χ3v) is 18.9. The van der Waals surface area contributed by atoms with Gasteiger partial charge in [-0.05, 0) is 106 Å². The maximum Gasteiger partial charge on any atom is 0.410 e. The lowest BCUT2D eigenvalue weighted by molar-refractivity contribution is -0.158. The Morgan fingerprint density at radius 3 is 2.31 bits per heavy atom. The molecule has 9 amide bonds. The van der Waals surface area contributed by atoms with E-state index in [1.165, 1.54) is 40.1 Å². The number of hydrogen-bond donors (Lipinski definition) is 9. The summed E-state index contributed by atoms with van der Waals surface area (Å²) in [4.78, 5) is 123. The molecule has 4 heterocycles. The van der Waals surface area contributed by atoms with E-state index in [0.717, 1.165) is 32.6 Å². The van der Waals surface area contributed by atoms with Crippen LogP contribution in [0.5, 0.6) is 5.75 Å². The van der Waals surface area contributed by atoms with Crippen molar-refractivity contribution in [2.24, 2.45) is 17.6 Å². The number of likely N-dealkylation sites (N-methyl/N-ethyl adjacent to an activating group) is 1. The number of carbonyl (C=O) groups excluding carboxylic acids is 9. The molecule has 3 aliphatic rings. The number of anilines is 2. The van der Waals surface area contributed by atoms with Crippen LogP contribution in [0.2, 0.25) is 5.02 Å². The van der Waals surface area contributed by atoms with Crippen LogP contribution in [0.3, 0.4) is 0 Å². The zero-order valence-corrected chi connectivity index (χ0v) is 61.5. The number of amides is 9. The lowest BCUT2D eigenvalue weighted by Crippen LogP contribution is -2.63. The normalized spacial score (nSPS) is 22.2. The van der Waals surface area contributed by atoms with E-state index in [-0.39, 0.29) is 82.6 Å². The van der Waals surface area contributed by atoms with E-state index in [4.69, 9.17) is 55.2 Å². The highest BCUT2D eigenvalue weighted by Gasteiger charge is 2.64. The van der Waals surface area contributed by atoms with Crippen LogP contribution in [0.25, 0.3) is 10.9 Å². The average molecular weight is 1460 g/mol. The van der Waals surface area contributed by atoms with E-state index in [1.807, 2.05) is 50.3 Å². The summed E-state index contributed by atoms with van der Waals surface area (Å²) in [7, 11) is 9.52. The number of alkyl carbamates (subject to hydrolysis) is 1. The van der Waals surface area contributed by atoms with E-state index in [2.05, 4.69) is 54.0 Å². The third kappa shape index (κ3) is 22.8. The molecule has 0 spiro atoms. The minimum absolute atomic E-state index is 0.0307. The van der Waals surface area contributed by atoms with E-state index < -0.39 is 120 Å². The molecule has 3 aliphatic heterocycles. The first-order valence-corrected chi connectivity index (χ1v) is 34.8. The number of esters is 1. The summed E-state index contributed by atoms with van der Waals surface area (Å²) < 4.78 is 48.6. The number of urea groups is 1. The van der Waals surface area contributed by atoms with Gasteiger partial charge in [0.25, 0.3) is 0 Å². The molecule has 0 aliphatic carbocycles. The van der Waals surface area contributed by atoms with Crippen molar-refractivity contribution in [2.75, 3.05) is 92.1 Å². The number of fused-ring (bicyclic) bond motifs is 6. The zero-order valence-electron chi connectivity index (χ0n) is 60.7. The summed E-state index contributed by atoms with van der Waals surface area (Å²) in [5, 5.41) is 31.3. The van der Waals surface area contributed by atoms with Crippen molar-refractivity contribution in [3.63, 3.8) is 0 Å². The predicted molar refractivity (Wildman–Crippen MR) is 383 cm³/mol. The third-order valence-electron chi connectivity index (χ3n) is 18.5. The highest BCUT2D eigenvalue weighted by atomic mass is 35.5. The molecule has 0 radical (unpaired) electrons. The van der Waals surface area contributed by atoms with Crippen LogP contribution in [0.1, 0.15) is 96.9 Å². The Bertz CT molecular complexity index is 3690. The molecule has 564 valence electrons. The molecule has 10 N–H and O–H groups in total. The molecule has 4 aromatic rings. The molecule has 1 aromatic heterocycles. The maximum atomic E-state index is 14.5. The number of benzene rings is 3. The van der Waals surface area contributed by atoms with Gasteiger partial charge in [-0.1, -0.05) is 86.5 Å². The number of rotatable bonds is 32. The predicted octanol–water partition coefficient (Wildman–Crippen LogP) is 5.49. The highest BCUT2D eigenvalue weighted by Crippen LogP contribution is 2.49. The molecule has 0 saturated carbocycles. The number of hydrogen-bond acceptors (Lipinski definition) is 20. The Morgan fingerprint density at radius 1 is 0.903 bits per heavy atom. The van der Waals surface area contributed by atoms with Crippen LogP contribution in [0, 0.1) is 11.8 Å². The van der Waals surface area contributed by atoms with Gasteiger partial charge in [0, 0.05) is 90.0 Å². The van der Waals surface area contributed by atoms with E-state index >= 15 is 0 Å². The second-order valence-corrected chi connectivity index (χ2v) is 26.9. The summed E-state index contributed by atoms with van der Waals surface area (Å²) in [6, 6.07) is 15.7. The number of carbonyl (C=O) groups is 9. The summed E-state index contributed by atoms with van der Waals surface area (Å²) >= 11 is 6.85. The zero-order chi connectivity index (χ0) is 75.3. The highest BCUT2D eigenvalue weighted by molar-refractivity contribution is 6.35. The van der Waals surface area contributed by atoms with Gasteiger partial charge in [-0.3, -0.25) is 39.6 Å². The molecule has 30 nitrogen and oxygen atoms in total. The van der Waals surface area contributed by atoms with Crippen molar-refractivity contribution >= 4 is 87.6 Å². The molecule has 4 bridgehead atoms. The fourth-order valence-corrected chi connectivity index (χ4v) is 12.5. The summed E-state index contributed by atoms with van der Waals surface area (Å²) in [6.45, 7) is 12.2. The largest absolute Gasteiger partial charge is 0.495 e. The van der Waals surface area contributed by atoms with Crippen molar-refractivity contribution in [3.8, 4) is 5.75 Å². The smallest absolute Gasteiger partial charge is 0.410 e. The molecule has 31 heteroatoms. The Kier molecular flexibility index (Phi) is 30.1. The van der Waals surface area contributed by atoms with Gasteiger partial charge < -0.3 is 84.8 Å². The van der Waals surface area contributed by atoms with Gasteiger partial charge in [0.2, 0.25) is 29.5 Å². The van der Waals surface area contributed by atoms with Crippen LogP contribution in [-0.2, 0) is 88.0 Å². The Morgan fingerprint density at radius 2 is 1.62 bits per heavy atom. The van der Waals surface area contributed by atoms with Gasteiger partial charge in [-0.25, -0.2) is 24.2 Å². The van der Waals surface area contributed by atoms with Gasteiger partial charge in [0.05, 0.1) is 58.3 Å². The summed E-state index contributed by atoms with van der Waals surface area (Å²) in [6.07, 6.45) is -0.383. The second-order valence-electron chi connectivity index (χ2n) is 26.5. The quantitative estimate of drug-likeness (QED) is 0.00959. The first kappa shape index (κ1) is 81.4. The number of aromatic nitrogens is 1. The molecule has 2 saturated heterocycles. The number of epoxide rings is 1. The minimum Gasteiger partial charge on any atom is -0.495 e. The number of hydrazine groups is 1. The molecular weight excluding hydrogens is 1360 g/mol. The number of aryl methyl sites for hydroxylation is 1. The fraction of sp³-hybridized carbons (Fsp3) is 0.542. The Balaban J connectivity index is 0.892. The Labute approximate surface area is 605 Å². The average Bonchev–Trinajstić information content (AvgIpc) is 1.57. The van der Waals surface area contributed by atoms with E-state index in [0.29, 0.717) is 48.7 Å². The van der Waals surface area contributed by atoms with Crippen LogP contribution >= 0.6 is 11.6 Å². The molecule has 0 unspecified atom stereocenters. The van der Waals surface area contributed by atoms with Gasteiger partial charge in [0.1, 0.15) is 59.4 Å². The summed E-state index contributed by atoms with van der Waals surface area (Å²) in [5.41, 5.74) is 9.97. The SMILES string of the molecule is CNN(C)Cc1cc2ccccc2n1CCC(=O)NCCOCCOCCC(=O)N[C@H](C(=O)N[C@@H](CCCNC(N)=O)C(=O)Nc1ccc(COC(=O)N(C)[C@@H](C)C(=O)O[C@H]2CC(=O)N(C)c3cc(cc(OC)c3Cl)C/C(C)=C/C=C/[C@@H](OC)[C@@]3(O)C[C@H](OC(=O)N3)[C@@H](C)[C@@H]3O[C@@]23C)cc1)C(C)C. The number of nitrogens with one attached hydrogen (secondary N) is 7. The number of ether oxygens (including phenoxy) is 8. The number of methoxy groups -OCH3 is 2. The van der Waals surface area contributed by atoms with E-state index in [9.17, 15) is 48.3 Å². The Hall–Kier alpha value is -8.88. The van der Waals surface area contributed by atoms with Crippen LogP contribution in [0.4, 0.5) is 25.8 Å². The number of para-hydroxylation sites is 1. The van der Waals surface area contributed by atoms with Crippen LogP contribution in [-0.4, -0.2) is 209 Å². The number of nitrogens with zero attached hydrogens (tertiary/aromatic N) is 4. The topological polar surface area (TPSA) is 376 Å². The number of halogens is 1. The monoisotopic (exact) mass is 1460 g/mol.